The largest absolute Gasteiger partial charge is 0.496 e. The van der Waals surface area contributed by atoms with Crippen LogP contribution in [0, 0.1) is 26.7 Å². The Morgan fingerprint density at radius 3 is 2.58 bits per heavy atom. The van der Waals surface area contributed by atoms with Crippen LogP contribution in [0.5, 0.6) is 5.75 Å². The SMILES string of the molecule is COc1c(C)cc(CCNCC2CNC2)c(C)c1C. The molecule has 1 saturated heterocycles. The predicted octanol–water partition coefficient (Wildman–Crippen LogP) is 1.97. The van der Waals surface area contributed by atoms with Crippen molar-refractivity contribution in [1.82, 2.24) is 10.6 Å². The van der Waals surface area contributed by atoms with Crippen LogP contribution < -0.4 is 15.4 Å². The molecule has 3 nitrogen and oxygen atoms in total. The lowest BCUT2D eigenvalue weighted by Gasteiger charge is -2.27. The third-order valence-corrected chi connectivity index (χ3v) is 4.21. The molecule has 106 valence electrons. The van der Waals surface area contributed by atoms with Crippen LogP contribution in [0.4, 0.5) is 0 Å². The molecule has 0 unspecified atom stereocenters. The van der Waals surface area contributed by atoms with Crippen molar-refractivity contribution < 1.29 is 4.74 Å². The van der Waals surface area contributed by atoms with Gasteiger partial charge in [-0.3, -0.25) is 0 Å². The molecule has 1 aromatic rings. The first kappa shape index (κ1) is 14.4. The van der Waals surface area contributed by atoms with E-state index < -0.39 is 0 Å². The van der Waals surface area contributed by atoms with Crippen LogP contribution in [0.2, 0.25) is 0 Å². The summed E-state index contributed by atoms with van der Waals surface area (Å²) in [7, 11) is 1.75. The van der Waals surface area contributed by atoms with Gasteiger partial charge in [-0.1, -0.05) is 6.07 Å². The molecule has 3 heteroatoms. The Morgan fingerprint density at radius 1 is 1.26 bits per heavy atom. The van der Waals surface area contributed by atoms with Crippen molar-refractivity contribution in [2.24, 2.45) is 5.92 Å². The van der Waals surface area contributed by atoms with E-state index in [1.165, 1.54) is 35.3 Å². The monoisotopic (exact) mass is 262 g/mol. The van der Waals surface area contributed by atoms with Crippen molar-refractivity contribution >= 4 is 0 Å². The highest BCUT2D eigenvalue weighted by Gasteiger charge is 2.15. The van der Waals surface area contributed by atoms with Gasteiger partial charge in [-0.2, -0.15) is 0 Å². The van der Waals surface area contributed by atoms with Crippen LogP contribution in [0.15, 0.2) is 6.07 Å². The topological polar surface area (TPSA) is 33.3 Å². The number of benzene rings is 1. The second kappa shape index (κ2) is 6.40. The van der Waals surface area contributed by atoms with Crippen molar-refractivity contribution in [3.63, 3.8) is 0 Å². The molecule has 0 bridgehead atoms. The van der Waals surface area contributed by atoms with Gasteiger partial charge in [0.15, 0.2) is 0 Å². The van der Waals surface area contributed by atoms with Crippen LogP contribution >= 0.6 is 0 Å². The number of rotatable bonds is 6. The van der Waals surface area contributed by atoms with E-state index in [0.29, 0.717) is 0 Å². The van der Waals surface area contributed by atoms with Crippen molar-refractivity contribution in [2.45, 2.75) is 27.2 Å². The predicted molar refractivity (Wildman–Crippen MR) is 80.1 cm³/mol. The minimum atomic E-state index is 0.834. The lowest BCUT2D eigenvalue weighted by molar-refractivity contribution is 0.332. The Hall–Kier alpha value is -1.06. The Morgan fingerprint density at radius 2 is 2.00 bits per heavy atom. The molecule has 19 heavy (non-hydrogen) atoms. The minimum absolute atomic E-state index is 0.834. The first-order valence-electron chi connectivity index (χ1n) is 7.18. The maximum atomic E-state index is 5.47. The first-order valence-corrected chi connectivity index (χ1v) is 7.18. The summed E-state index contributed by atoms with van der Waals surface area (Å²) in [6.07, 6.45) is 1.09. The highest BCUT2D eigenvalue weighted by atomic mass is 16.5. The molecule has 1 aliphatic heterocycles. The van der Waals surface area contributed by atoms with Gasteiger partial charge in [0.2, 0.25) is 0 Å². The summed E-state index contributed by atoms with van der Waals surface area (Å²) in [6.45, 7) is 11.0. The molecule has 1 aromatic carbocycles. The Balaban J connectivity index is 1.92. The fourth-order valence-corrected chi connectivity index (χ4v) is 2.74. The third kappa shape index (κ3) is 3.28. The highest BCUT2D eigenvalue weighted by molar-refractivity contribution is 5.49. The maximum absolute atomic E-state index is 5.47. The highest BCUT2D eigenvalue weighted by Crippen LogP contribution is 2.28. The van der Waals surface area contributed by atoms with E-state index >= 15 is 0 Å². The second-order valence-electron chi connectivity index (χ2n) is 5.61. The molecule has 1 aliphatic rings. The summed E-state index contributed by atoms with van der Waals surface area (Å²) in [6, 6.07) is 2.27. The van der Waals surface area contributed by atoms with Crippen molar-refractivity contribution in [2.75, 3.05) is 33.3 Å². The van der Waals surface area contributed by atoms with Crippen LogP contribution in [0.3, 0.4) is 0 Å². The van der Waals surface area contributed by atoms with Crippen LogP contribution in [0.1, 0.15) is 22.3 Å². The molecule has 2 rings (SSSR count). The van der Waals surface area contributed by atoms with Crippen LogP contribution in [-0.4, -0.2) is 33.3 Å². The van der Waals surface area contributed by atoms with Gasteiger partial charge in [0.05, 0.1) is 7.11 Å². The third-order valence-electron chi connectivity index (χ3n) is 4.21. The average Bonchev–Trinajstić information content (AvgIpc) is 2.33. The molecule has 0 aliphatic carbocycles. The van der Waals surface area contributed by atoms with Gasteiger partial charge in [-0.15, -0.1) is 0 Å². The molecule has 0 amide bonds. The number of methoxy groups -OCH3 is 1. The fraction of sp³-hybridized carbons (Fsp3) is 0.625. The minimum Gasteiger partial charge on any atom is -0.496 e. The van der Waals surface area contributed by atoms with Crippen LogP contribution in [0.25, 0.3) is 0 Å². The average molecular weight is 262 g/mol. The van der Waals surface area contributed by atoms with E-state index in [1.807, 2.05) is 0 Å². The fourth-order valence-electron chi connectivity index (χ4n) is 2.74. The maximum Gasteiger partial charge on any atom is 0.124 e. The molecule has 0 atom stereocenters. The Kier molecular flexibility index (Phi) is 4.83. The first-order chi connectivity index (χ1) is 9.13. The quantitative estimate of drug-likeness (QED) is 0.769. The summed E-state index contributed by atoms with van der Waals surface area (Å²) in [5.41, 5.74) is 5.33. The normalized spacial score (nSPS) is 15.4. The lowest BCUT2D eigenvalue weighted by atomic mass is 9.96. The summed E-state index contributed by atoms with van der Waals surface area (Å²) >= 11 is 0. The van der Waals surface area contributed by atoms with E-state index in [4.69, 9.17) is 4.74 Å². The van der Waals surface area contributed by atoms with Gasteiger partial charge < -0.3 is 15.4 Å². The van der Waals surface area contributed by atoms with Gasteiger partial charge in [0.1, 0.15) is 5.75 Å². The molecule has 1 heterocycles. The van der Waals surface area contributed by atoms with Crippen molar-refractivity contribution in [3.05, 3.63) is 28.3 Å². The standard InChI is InChI=1S/C16H26N2O/c1-11-7-15(12(2)13(3)16(11)19-4)5-6-17-8-14-9-18-10-14/h7,14,17-18H,5-6,8-10H2,1-4H3. The Bertz CT molecular complexity index is 439. The van der Waals surface area contributed by atoms with Gasteiger partial charge in [0.25, 0.3) is 0 Å². The van der Waals surface area contributed by atoms with E-state index in [1.54, 1.807) is 7.11 Å². The molecular formula is C16H26N2O. The Labute approximate surface area is 116 Å². The number of aryl methyl sites for hydroxylation is 1. The molecular weight excluding hydrogens is 236 g/mol. The molecule has 0 saturated carbocycles. The van der Waals surface area contributed by atoms with Crippen molar-refractivity contribution in [1.29, 1.82) is 0 Å². The van der Waals surface area contributed by atoms with E-state index in [-0.39, 0.29) is 0 Å². The summed E-state index contributed by atoms with van der Waals surface area (Å²) in [5.74, 6) is 1.87. The molecule has 0 radical (unpaired) electrons. The zero-order valence-corrected chi connectivity index (χ0v) is 12.6. The molecule has 2 N–H and O–H groups in total. The number of hydrogen-bond acceptors (Lipinski definition) is 3. The summed E-state index contributed by atoms with van der Waals surface area (Å²) in [5, 5.41) is 6.86. The van der Waals surface area contributed by atoms with Gasteiger partial charge >= 0.3 is 0 Å². The molecule has 1 fully saturated rings. The number of hydrogen-bond donors (Lipinski definition) is 2. The summed E-state index contributed by atoms with van der Waals surface area (Å²) < 4.78 is 5.47. The van der Waals surface area contributed by atoms with Gasteiger partial charge in [-0.05, 0) is 61.9 Å². The molecule has 0 spiro atoms. The van der Waals surface area contributed by atoms with Gasteiger partial charge in [-0.25, -0.2) is 0 Å². The molecule has 0 aromatic heterocycles. The number of nitrogens with one attached hydrogen (secondary N) is 2. The van der Waals surface area contributed by atoms with Crippen molar-refractivity contribution in [3.8, 4) is 5.75 Å². The number of ether oxygens (including phenoxy) is 1. The van der Waals surface area contributed by atoms with E-state index in [0.717, 1.165) is 31.2 Å². The van der Waals surface area contributed by atoms with E-state index in [9.17, 15) is 0 Å². The van der Waals surface area contributed by atoms with E-state index in [2.05, 4.69) is 37.5 Å². The van der Waals surface area contributed by atoms with Crippen LogP contribution in [-0.2, 0) is 6.42 Å². The van der Waals surface area contributed by atoms with Gasteiger partial charge in [0, 0.05) is 19.6 Å². The summed E-state index contributed by atoms with van der Waals surface area (Å²) in [4.78, 5) is 0. The zero-order chi connectivity index (χ0) is 13.8. The zero-order valence-electron chi connectivity index (χ0n) is 12.6. The lowest BCUT2D eigenvalue weighted by Crippen LogP contribution is -2.47. The smallest absolute Gasteiger partial charge is 0.124 e. The second-order valence-corrected chi connectivity index (χ2v) is 5.61.